The number of carbonyl (C=O) groups excluding carboxylic acids is 6. The monoisotopic (exact) mass is 866 g/mol. The van der Waals surface area contributed by atoms with Crippen molar-refractivity contribution in [3.63, 3.8) is 0 Å². The highest BCUT2D eigenvalue weighted by molar-refractivity contribution is 6.22. The van der Waals surface area contributed by atoms with Crippen LogP contribution in [-0.2, 0) is 33.5 Å². The normalized spacial score (nSPS) is 18.3. The molecule has 4 N–H and O–H groups in total. The van der Waals surface area contributed by atoms with Crippen molar-refractivity contribution in [2.75, 3.05) is 45.9 Å². The molecule has 0 bridgehead atoms. The molecule has 0 radical (unpaired) electrons. The van der Waals surface area contributed by atoms with Crippen molar-refractivity contribution in [2.45, 2.75) is 105 Å². The van der Waals surface area contributed by atoms with Gasteiger partial charge in [0.05, 0.1) is 11.1 Å². The number of fused-ring (bicyclic) bond motifs is 3. The molecule has 13 nitrogen and oxygen atoms in total. The molecule has 0 aliphatic heterocycles. The lowest BCUT2D eigenvalue weighted by Gasteiger charge is -2.29. The number of nitrogens with one attached hydrogen (secondary N) is 3. The van der Waals surface area contributed by atoms with Crippen LogP contribution in [0.4, 0.5) is 4.79 Å². The highest BCUT2D eigenvalue weighted by atomic mass is 16.5. The molecule has 2 aromatic rings. The van der Waals surface area contributed by atoms with Gasteiger partial charge in [-0.05, 0) is 77.3 Å². The molecule has 5 rings (SSSR count). The molecular weight excluding hydrogens is 801 g/mol. The Balaban J connectivity index is 1.20. The van der Waals surface area contributed by atoms with Gasteiger partial charge in [-0.1, -0.05) is 102 Å². The maximum atomic E-state index is 14.2. The number of carboxylic acid groups (broad SMARTS) is 1. The van der Waals surface area contributed by atoms with E-state index >= 15 is 0 Å². The SMILES string of the molecule is C[C@H](C=C1C(=O)CC(C)(C)CC1=O)CCNCCN(CCNCC[C@H](C)C=C1C(=O)CC(C)(C)CC1=O)C(=O)C(CCC(=O)O)NC(=O)OCC1c2ccccc2-c2ccccc21. The Labute approximate surface area is 371 Å². The summed E-state index contributed by atoms with van der Waals surface area (Å²) in [5.74, 6) is -2.30. The van der Waals surface area contributed by atoms with Crippen LogP contribution in [0.3, 0.4) is 0 Å². The first-order valence-corrected chi connectivity index (χ1v) is 22.4. The second-order valence-corrected chi connectivity index (χ2v) is 19.2. The van der Waals surface area contributed by atoms with E-state index in [2.05, 4.69) is 16.0 Å². The third kappa shape index (κ3) is 13.9. The number of allylic oxidation sites excluding steroid dienone is 4. The first-order chi connectivity index (χ1) is 29.8. The summed E-state index contributed by atoms with van der Waals surface area (Å²) < 4.78 is 5.75. The Morgan fingerprint density at radius 1 is 0.698 bits per heavy atom. The highest BCUT2D eigenvalue weighted by Crippen LogP contribution is 2.44. The van der Waals surface area contributed by atoms with E-state index in [1.807, 2.05) is 90.1 Å². The number of Topliss-reactive ketones (excluding diaryl/α,β-unsaturated/α-hetero) is 4. The molecule has 3 aliphatic rings. The zero-order chi connectivity index (χ0) is 45.9. The number of hydrogen-bond acceptors (Lipinski definition) is 10. The Bertz CT molecular complexity index is 1940. The third-order valence-electron chi connectivity index (χ3n) is 12.2. The minimum Gasteiger partial charge on any atom is -0.481 e. The Morgan fingerprint density at radius 3 is 1.56 bits per heavy atom. The summed E-state index contributed by atoms with van der Waals surface area (Å²) >= 11 is 0. The smallest absolute Gasteiger partial charge is 0.407 e. The maximum absolute atomic E-state index is 14.2. The molecule has 2 fully saturated rings. The lowest BCUT2D eigenvalue weighted by atomic mass is 9.73. The van der Waals surface area contributed by atoms with Gasteiger partial charge in [-0.3, -0.25) is 28.8 Å². The van der Waals surface area contributed by atoms with Gasteiger partial charge in [0, 0.05) is 64.2 Å². The van der Waals surface area contributed by atoms with E-state index in [9.17, 15) is 38.7 Å². The van der Waals surface area contributed by atoms with Crippen LogP contribution in [0.25, 0.3) is 11.1 Å². The summed E-state index contributed by atoms with van der Waals surface area (Å²) in [6.07, 6.45) is 4.90. The van der Waals surface area contributed by atoms with Gasteiger partial charge < -0.3 is 30.7 Å². The average molecular weight is 867 g/mol. The van der Waals surface area contributed by atoms with E-state index < -0.39 is 24.0 Å². The lowest BCUT2D eigenvalue weighted by molar-refractivity contribution is -0.138. The first-order valence-electron chi connectivity index (χ1n) is 22.4. The van der Waals surface area contributed by atoms with Gasteiger partial charge in [-0.25, -0.2) is 4.79 Å². The predicted molar refractivity (Wildman–Crippen MR) is 241 cm³/mol. The fraction of sp³-hybridized carbons (Fsp3) is 0.540. The molecule has 1 unspecified atom stereocenters. The standard InChI is InChI=1S/C50H66N4O9/c1-32(25-38-42(55)27-49(3,4)28-43(38)56)17-19-51-21-23-54(24-22-52-20-18-33(2)26-39-44(57)29-50(5,6)30-45(39)58)47(61)41(15-16-46(59)60)53-48(62)63-31-40-36-13-9-7-11-34(36)35-12-8-10-14-37(35)40/h7-14,25-26,32-33,40-41,51-52H,15-24,27-31H2,1-6H3,(H,53,62)(H,59,60)/t32-,33-,41?/m0/s1. The number of carboxylic acids is 1. The van der Waals surface area contributed by atoms with E-state index in [0.29, 0.717) is 64.7 Å². The second kappa shape index (κ2) is 21.9. The van der Waals surface area contributed by atoms with Gasteiger partial charge in [0.15, 0.2) is 23.1 Å². The molecule has 63 heavy (non-hydrogen) atoms. The summed E-state index contributed by atoms with van der Waals surface area (Å²) in [4.78, 5) is 91.8. The van der Waals surface area contributed by atoms with Crippen molar-refractivity contribution in [1.82, 2.24) is 20.9 Å². The third-order valence-corrected chi connectivity index (χ3v) is 12.2. The van der Waals surface area contributed by atoms with E-state index in [1.165, 1.54) is 0 Å². The number of aliphatic carboxylic acids is 1. The van der Waals surface area contributed by atoms with Crippen molar-refractivity contribution in [2.24, 2.45) is 22.7 Å². The number of amides is 2. The van der Waals surface area contributed by atoms with Crippen molar-refractivity contribution >= 4 is 41.1 Å². The molecule has 0 heterocycles. The number of benzene rings is 2. The van der Waals surface area contributed by atoms with Crippen LogP contribution in [0.2, 0.25) is 0 Å². The molecule has 0 spiro atoms. The summed E-state index contributed by atoms with van der Waals surface area (Å²) in [6.45, 7) is 14.0. The minimum atomic E-state index is -1.17. The van der Waals surface area contributed by atoms with Gasteiger partial charge in [-0.2, -0.15) is 0 Å². The van der Waals surface area contributed by atoms with Crippen LogP contribution in [-0.4, -0.2) is 103 Å². The van der Waals surface area contributed by atoms with E-state index in [-0.39, 0.29) is 95.4 Å². The number of ketones is 4. The second-order valence-electron chi connectivity index (χ2n) is 19.2. The quantitative estimate of drug-likeness (QED) is 0.0603. The topological polar surface area (TPSA) is 188 Å². The zero-order valence-corrected chi connectivity index (χ0v) is 37.8. The molecule has 2 saturated carbocycles. The van der Waals surface area contributed by atoms with Crippen LogP contribution in [0.5, 0.6) is 0 Å². The molecule has 3 aliphatic carbocycles. The summed E-state index contributed by atoms with van der Waals surface area (Å²) in [7, 11) is 0. The van der Waals surface area contributed by atoms with Gasteiger partial charge in [0.25, 0.3) is 0 Å². The van der Waals surface area contributed by atoms with Gasteiger partial charge >= 0.3 is 12.1 Å². The van der Waals surface area contributed by atoms with E-state index in [0.717, 1.165) is 22.3 Å². The average Bonchev–Trinajstić information content (AvgIpc) is 3.52. The minimum absolute atomic E-state index is 0.0298. The van der Waals surface area contributed by atoms with Crippen molar-refractivity contribution < 1.29 is 43.4 Å². The lowest BCUT2D eigenvalue weighted by Crippen LogP contribution is -2.52. The Morgan fingerprint density at radius 2 is 1.13 bits per heavy atom. The number of ether oxygens (including phenoxy) is 1. The van der Waals surface area contributed by atoms with Crippen molar-refractivity contribution in [3.05, 3.63) is 83.0 Å². The van der Waals surface area contributed by atoms with Crippen LogP contribution in [0.15, 0.2) is 71.8 Å². The highest BCUT2D eigenvalue weighted by Gasteiger charge is 2.37. The number of carbonyl (C=O) groups is 7. The Kier molecular flexibility index (Phi) is 16.9. The van der Waals surface area contributed by atoms with Crippen LogP contribution in [0.1, 0.15) is 110 Å². The number of nitrogens with zero attached hydrogens (tertiary/aromatic N) is 1. The van der Waals surface area contributed by atoms with Crippen molar-refractivity contribution in [3.8, 4) is 11.1 Å². The van der Waals surface area contributed by atoms with Gasteiger partial charge in [-0.15, -0.1) is 0 Å². The number of hydrogen-bond donors (Lipinski definition) is 4. The number of alkyl carbamates (subject to hydrolysis) is 1. The molecule has 340 valence electrons. The van der Waals surface area contributed by atoms with Crippen LogP contribution < -0.4 is 16.0 Å². The molecule has 2 aromatic carbocycles. The molecule has 13 heteroatoms. The van der Waals surface area contributed by atoms with E-state index in [1.54, 1.807) is 17.1 Å². The van der Waals surface area contributed by atoms with Crippen LogP contribution >= 0.6 is 0 Å². The molecule has 3 atom stereocenters. The fourth-order valence-electron chi connectivity index (χ4n) is 8.86. The molecular formula is C50H66N4O9. The van der Waals surface area contributed by atoms with E-state index in [4.69, 9.17) is 4.74 Å². The first kappa shape index (κ1) is 48.8. The van der Waals surface area contributed by atoms with Crippen LogP contribution in [0, 0.1) is 22.7 Å². The number of rotatable bonds is 21. The molecule has 2 amide bonds. The molecule has 0 saturated heterocycles. The predicted octanol–water partition coefficient (Wildman–Crippen LogP) is 6.59. The van der Waals surface area contributed by atoms with Gasteiger partial charge in [0.1, 0.15) is 12.6 Å². The zero-order valence-electron chi connectivity index (χ0n) is 37.8. The van der Waals surface area contributed by atoms with Gasteiger partial charge in [0.2, 0.25) is 5.91 Å². The summed E-state index contributed by atoms with van der Waals surface area (Å²) in [6, 6.07) is 14.7. The Hall–Kier alpha value is -5.27. The maximum Gasteiger partial charge on any atom is 0.407 e. The fourth-order valence-corrected chi connectivity index (χ4v) is 8.86. The largest absolute Gasteiger partial charge is 0.481 e. The summed E-state index contributed by atoms with van der Waals surface area (Å²) in [5.41, 5.74) is 4.12. The molecule has 0 aromatic heterocycles. The van der Waals surface area contributed by atoms with Crippen molar-refractivity contribution in [1.29, 1.82) is 0 Å². The summed E-state index contributed by atoms with van der Waals surface area (Å²) in [5, 5.41) is 19.0.